The summed E-state index contributed by atoms with van der Waals surface area (Å²) in [5, 5.41) is 3.96. The standard InChI is InChI=1S/C10H18N4O/c1-8(2)5-13(3)10(15)7-14-6-9(11)4-12-14/h4,6,8H,5,7,11H2,1-3H3. The van der Waals surface area contributed by atoms with E-state index >= 15 is 0 Å². The summed E-state index contributed by atoms with van der Waals surface area (Å²) in [5.74, 6) is 0.522. The number of anilines is 1. The van der Waals surface area contributed by atoms with Gasteiger partial charge in [-0.2, -0.15) is 5.10 Å². The highest BCUT2D eigenvalue weighted by atomic mass is 16.2. The quantitative estimate of drug-likeness (QED) is 0.790. The van der Waals surface area contributed by atoms with Crippen LogP contribution in [0.1, 0.15) is 13.8 Å². The van der Waals surface area contributed by atoms with Crippen LogP contribution in [0, 0.1) is 5.92 Å². The Labute approximate surface area is 89.9 Å². The third-order valence-electron chi connectivity index (χ3n) is 2.02. The molecule has 0 aromatic carbocycles. The summed E-state index contributed by atoms with van der Waals surface area (Å²) >= 11 is 0. The number of nitrogens with zero attached hydrogens (tertiary/aromatic N) is 3. The van der Waals surface area contributed by atoms with Gasteiger partial charge in [0.2, 0.25) is 5.91 Å². The molecule has 1 aromatic rings. The first-order valence-electron chi connectivity index (χ1n) is 5.01. The summed E-state index contributed by atoms with van der Waals surface area (Å²) in [4.78, 5) is 13.4. The zero-order valence-corrected chi connectivity index (χ0v) is 9.47. The number of nitrogen functional groups attached to an aromatic ring is 1. The van der Waals surface area contributed by atoms with Gasteiger partial charge >= 0.3 is 0 Å². The first kappa shape index (κ1) is 11.6. The number of hydrogen-bond acceptors (Lipinski definition) is 3. The SMILES string of the molecule is CC(C)CN(C)C(=O)Cn1cc(N)cn1. The Balaban J connectivity index is 2.48. The highest BCUT2D eigenvalue weighted by Gasteiger charge is 2.10. The van der Waals surface area contributed by atoms with Gasteiger partial charge < -0.3 is 10.6 Å². The van der Waals surface area contributed by atoms with Crippen LogP contribution in [0.2, 0.25) is 0 Å². The van der Waals surface area contributed by atoms with Gasteiger partial charge in [-0.1, -0.05) is 13.8 Å². The predicted molar refractivity (Wildman–Crippen MR) is 59.1 cm³/mol. The van der Waals surface area contributed by atoms with Crippen molar-refractivity contribution in [2.75, 3.05) is 19.3 Å². The largest absolute Gasteiger partial charge is 0.396 e. The fourth-order valence-electron chi connectivity index (χ4n) is 1.37. The molecule has 0 saturated carbocycles. The smallest absolute Gasteiger partial charge is 0.244 e. The molecule has 0 unspecified atom stereocenters. The van der Waals surface area contributed by atoms with Gasteiger partial charge in [0, 0.05) is 19.8 Å². The molecule has 15 heavy (non-hydrogen) atoms. The van der Waals surface area contributed by atoms with E-state index < -0.39 is 0 Å². The summed E-state index contributed by atoms with van der Waals surface area (Å²) in [5.41, 5.74) is 6.08. The average Bonchev–Trinajstić information content (AvgIpc) is 2.50. The van der Waals surface area contributed by atoms with Gasteiger partial charge in [0.05, 0.1) is 11.9 Å². The van der Waals surface area contributed by atoms with Crippen LogP contribution in [0.15, 0.2) is 12.4 Å². The lowest BCUT2D eigenvalue weighted by molar-refractivity contribution is -0.131. The number of hydrogen-bond donors (Lipinski definition) is 1. The molecule has 0 saturated heterocycles. The van der Waals surface area contributed by atoms with Gasteiger partial charge in [0.15, 0.2) is 0 Å². The van der Waals surface area contributed by atoms with Crippen LogP contribution < -0.4 is 5.73 Å². The van der Waals surface area contributed by atoms with Crippen molar-refractivity contribution in [2.45, 2.75) is 20.4 Å². The van der Waals surface area contributed by atoms with Crippen molar-refractivity contribution in [3.63, 3.8) is 0 Å². The molecule has 0 bridgehead atoms. The molecule has 2 N–H and O–H groups in total. The monoisotopic (exact) mass is 210 g/mol. The van der Waals surface area contributed by atoms with Crippen molar-refractivity contribution in [1.82, 2.24) is 14.7 Å². The zero-order chi connectivity index (χ0) is 11.4. The maximum atomic E-state index is 11.7. The molecule has 0 fully saturated rings. The van der Waals surface area contributed by atoms with Gasteiger partial charge in [-0.15, -0.1) is 0 Å². The van der Waals surface area contributed by atoms with Gasteiger partial charge in [0.25, 0.3) is 0 Å². The Morgan fingerprint density at radius 3 is 2.80 bits per heavy atom. The van der Waals surface area contributed by atoms with Crippen molar-refractivity contribution < 1.29 is 4.79 Å². The van der Waals surface area contributed by atoms with Crippen molar-refractivity contribution in [1.29, 1.82) is 0 Å². The van der Waals surface area contributed by atoms with E-state index in [1.807, 2.05) is 0 Å². The second-order valence-corrected chi connectivity index (χ2v) is 4.14. The highest BCUT2D eigenvalue weighted by Crippen LogP contribution is 2.00. The Morgan fingerprint density at radius 2 is 2.33 bits per heavy atom. The predicted octanol–water partition coefficient (Wildman–Crippen LogP) is 0.580. The van der Waals surface area contributed by atoms with Crippen LogP contribution in [0.5, 0.6) is 0 Å². The molecule has 0 atom stereocenters. The normalized spacial score (nSPS) is 10.7. The lowest BCUT2D eigenvalue weighted by Crippen LogP contribution is -2.33. The van der Waals surface area contributed by atoms with E-state index in [2.05, 4.69) is 18.9 Å². The summed E-state index contributed by atoms with van der Waals surface area (Å²) < 4.78 is 1.55. The van der Waals surface area contributed by atoms with E-state index in [1.54, 1.807) is 22.8 Å². The Morgan fingerprint density at radius 1 is 1.67 bits per heavy atom. The molecule has 5 nitrogen and oxygen atoms in total. The van der Waals surface area contributed by atoms with Gasteiger partial charge in [-0.05, 0) is 5.92 Å². The molecule has 0 spiro atoms. The molecule has 0 aliphatic heterocycles. The van der Waals surface area contributed by atoms with Gasteiger partial charge in [0.1, 0.15) is 6.54 Å². The topological polar surface area (TPSA) is 64.2 Å². The molecule has 1 heterocycles. The van der Waals surface area contributed by atoms with Crippen LogP contribution in [-0.4, -0.2) is 34.2 Å². The summed E-state index contributed by atoms with van der Waals surface area (Å²) in [7, 11) is 1.80. The van der Waals surface area contributed by atoms with E-state index in [0.29, 0.717) is 11.6 Å². The number of rotatable bonds is 4. The van der Waals surface area contributed by atoms with Crippen molar-refractivity contribution >= 4 is 11.6 Å². The van der Waals surface area contributed by atoms with E-state index in [4.69, 9.17) is 5.73 Å². The molecular formula is C10H18N4O. The third kappa shape index (κ3) is 3.61. The maximum Gasteiger partial charge on any atom is 0.244 e. The molecule has 0 aliphatic rings. The molecule has 1 amide bonds. The first-order valence-corrected chi connectivity index (χ1v) is 5.01. The summed E-state index contributed by atoms with van der Waals surface area (Å²) in [6.07, 6.45) is 3.19. The highest BCUT2D eigenvalue weighted by molar-refractivity contribution is 5.75. The van der Waals surface area contributed by atoms with E-state index in [0.717, 1.165) is 6.54 Å². The van der Waals surface area contributed by atoms with Crippen molar-refractivity contribution in [3.05, 3.63) is 12.4 Å². The number of aromatic nitrogens is 2. The fraction of sp³-hybridized carbons (Fsp3) is 0.600. The molecule has 5 heteroatoms. The minimum atomic E-state index is 0.0480. The fourth-order valence-corrected chi connectivity index (χ4v) is 1.37. The number of carbonyl (C=O) groups excluding carboxylic acids is 1. The minimum absolute atomic E-state index is 0.0480. The molecule has 0 radical (unpaired) electrons. The molecule has 84 valence electrons. The van der Waals surface area contributed by atoms with Crippen molar-refractivity contribution in [2.24, 2.45) is 5.92 Å². The number of amides is 1. The van der Waals surface area contributed by atoms with Crippen LogP contribution in [-0.2, 0) is 11.3 Å². The lowest BCUT2D eigenvalue weighted by Gasteiger charge is -2.19. The molecular weight excluding hydrogens is 192 g/mol. The molecule has 0 aliphatic carbocycles. The van der Waals surface area contributed by atoms with Crippen LogP contribution in [0.25, 0.3) is 0 Å². The van der Waals surface area contributed by atoms with Crippen LogP contribution in [0.3, 0.4) is 0 Å². The van der Waals surface area contributed by atoms with E-state index in [9.17, 15) is 4.79 Å². The third-order valence-corrected chi connectivity index (χ3v) is 2.02. The van der Waals surface area contributed by atoms with Gasteiger partial charge in [-0.25, -0.2) is 0 Å². The number of nitrogens with two attached hydrogens (primary N) is 1. The first-order chi connectivity index (χ1) is 6.99. The van der Waals surface area contributed by atoms with Crippen LogP contribution >= 0.6 is 0 Å². The van der Waals surface area contributed by atoms with E-state index in [1.165, 1.54) is 6.20 Å². The second-order valence-electron chi connectivity index (χ2n) is 4.14. The summed E-state index contributed by atoms with van der Waals surface area (Å²) in [6, 6.07) is 0. The number of likely N-dealkylation sites (N-methyl/N-ethyl adjacent to an activating group) is 1. The Bertz CT molecular complexity index is 332. The van der Waals surface area contributed by atoms with Crippen LogP contribution in [0.4, 0.5) is 5.69 Å². The Kier molecular flexibility index (Phi) is 3.71. The van der Waals surface area contributed by atoms with E-state index in [-0.39, 0.29) is 12.5 Å². The minimum Gasteiger partial charge on any atom is -0.396 e. The zero-order valence-electron chi connectivity index (χ0n) is 9.47. The number of carbonyl (C=O) groups is 1. The maximum absolute atomic E-state index is 11.7. The molecule has 1 aromatic heterocycles. The summed E-state index contributed by atoms with van der Waals surface area (Å²) in [6.45, 7) is 5.17. The second kappa shape index (κ2) is 4.82. The lowest BCUT2D eigenvalue weighted by atomic mass is 10.2. The Hall–Kier alpha value is -1.52. The average molecular weight is 210 g/mol. The van der Waals surface area contributed by atoms with Gasteiger partial charge in [-0.3, -0.25) is 9.48 Å². The molecule has 1 rings (SSSR count). The van der Waals surface area contributed by atoms with Crippen molar-refractivity contribution in [3.8, 4) is 0 Å².